The molecule has 11 heteroatoms. The van der Waals surface area contributed by atoms with Crippen LogP contribution >= 0.6 is 11.3 Å². The van der Waals surface area contributed by atoms with Gasteiger partial charge in [0.15, 0.2) is 11.5 Å². The van der Waals surface area contributed by atoms with E-state index in [1.807, 2.05) is 43.0 Å². The Hall–Kier alpha value is -3.41. The molecule has 4 rings (SSSR count). The second-order valence-electron chi connectivity index (χ2n) is 9.90. The number of para-hydroxylation sites is 1. The molecule has 3 aromatic rings. The Morgan fingerprint density at radius 1 is 1.12 bits per heavy atom. The standard InChI is InChI=1S/C29H38N4O6S/c1-19(2)33(28(34)20-10-11-23(37-4)24(14-20)38-13-7-12-36-3)18-21-15-30-16-25(21)39-29(35)31-17-27-32-22-8-5-6-9-26(22)40-27/h5-6,8-11,14,19,21,25,30H,7,12-13,15-18H2,1-4H3,(H,31,35)/t21-,25+/m0/s1. The summed E-state index contributed by atoms with van der Waals surface area (Å²) in [6, 6.07) is 13.0. The van der Waals surface area contributed by atoms with Crippen molar-refractivity contribution >= 4 is 33.6 Å². The third-order valence-electron chi connectivity index (χ3n) is 6.73. The van der Waals surface area contributed by atoms with E-state index in [1.165, 1.54) is 0 Å². The molecular formula is C29H38N4O6S. The van der Waals surface area contributed by atoms with Crippen LogP contribution in [-0.2, 0) is 16.0 Å². The molecule has 2 aromatic carbocycles. The van der Waals surface area contributed by atoms with Gasteiger partial charge in [-0.2, -0.15) is 0 Å². The van der Waals surface area contributed by atoms with Crippen molar-refractivity contribution in [1.82, 2.24) is 20.5 Å². The first-order valence-electron chi connectivity index (χ1n) is 13.5. The number of nitrogens with zero attached hydrogens (tertiary/aromatic N) is 2. The van der Waals surface area contributed by atoms with Crippen LogP contribution in [-0.4, -0.2) is 81.1 Å². The van der Waals surface area contributed by atoms with Gasteiger partial charge in [-0.3, -0.25) is 4.79 Å². The third kappa shape index (κ3) is 7.61. The lowest BCUT2D eigenvalue weighted by Gasteiger charge is -2.31. The lowest BCUT2D eigenvalue weighted by molar-refractivity contribution is 0.0521. The number of nitrogens with one attached hydrogen (secondary N) is 2. The van der Waals surface area contributed by atoms with E-state index >= 15 is 0 Å². The molecule has 2 heterocycles. The van der Waals surface area contributed by atoms with Crippen LogP contribution in [0, 0.1) is 5.92 Å². The molecule has 1 saturated heterocycles. The van der Waals surface area contributed by atoms with E-state index in [0.717, 1.165) is 21.6 Å². The van der Waals surface area contributed by atoms with Gasteiger partial charge in [0.1, 0.15) is 11.1 Å². The molecule has 10 nitrogen and oxygen atoms in total. The number of methoxy groups -OCH3 is 2. The van der Waals surface area contributed by atoms with Crippen LogP contribution in [0.4, 0.5) is 4.79 Å². The number of carbonyl (C=O) groups excluding carboxylic acids is 2. The number of hydrogen-bond donors (Lipinski definition) is 2. The lowest BCUT2D eigenvalue weighted by Crippen LogP contribution is -2.44. The molecular weight excluding hydrogens is 532 g/mol. The Kier molecular flexibility index (Phi) is 10.6. The molecule has 1 aliphatic rings. The van der Waals surface area contributed by atoms with Gasteiger partial charge in [-0.15, -0.1) is 11.3 Å². The van der Waals surface area contributed by atoms with Gasteiger partial charge in [0.25, 0.3) is 5.91 Å². The van der Waals surface area contributed by atoms with E-state index in [0.29, 0.717) is 56.5 Å². The maximum absolute atomic E-state index is 13.6. The van der Waals surface area contributed by atoms with Crippen molar-refractivity contribution in [3.63, 3.8) is 0 Å². The van der Waals surface area contributed by atoms with Gasteiger partial charge >= 0.3 is 6.09 Å². The van der Waals surface area contributed by atoms with Gasteiger partial charge in [0, 0.05) is 57.3 Å². The molecule has 0 unspecified atom stereocenters. The molecule has 40 heavy (non-hydrogen) atoms. The van der Waals surface area contributed by atoms with Gasteiger partial charge in [0.2, 0.25) is 0 Å². The monoisotopic (exact) mass is 570 g/mol. The zero-order valence-corrected chi connectivity index (χ0v) is 24.3. The highest BCUT2D eigenvalue weighted by molar-refractivity contribution is 7.18. The van der Waals surface area contributed by atoms with Gasteiger partial charge < -0.3 is 34.5 Å². The zero-order valence-electron chi connectivity index (χ0n) is 23.5. The number of alkyl carbamates (subject to hydrolysis) is 1. The average Bonchev–Trinajstić information content (AvgIpc) is 3.58. The van der Waals surface area contributed by atoms with E-state index < -0.39 is 6.09 Å². The molecule has 1 fully saturated rings. The lowest BCUT2D eigenvalue weighted by atomic mass is 10.0. The number of ether oxygens (including phenoxy) is 4. The van der Waals surface area contributed by atoms with Crippen LogP contribution in [0.25, 0.3) is 10.2 Å². The summed E-state index contributed by atoms with van der Waals surface area (Å²) in [4.78, 5) is 32.6. The summed E-state index contributed by atoms with van der Waals surface area (Å²) in [5.74, 6) is 0.907. The van der Waals surface area contributed by atoms with Crippen molar-refractivity contribution in [2.75, 3.05) is 47.1 Å². The fourth-order valence-corrected chi connectivity index (χ4v) is 5.51. The average molecular weight is 571 g/mol. The van der Waals surface area contributed by atoms with E-state index in [9.17, 15) is 9.59 Å². The van der Waals surface area contributed by atoms with Crippen molar-refractivity contribution in [3.05, 3.63) is 53.0 Å². The van der Waals surface area contributed by atoms with E-state index in [4.69, 9.17) is 18.9 Å². The minimum absolute atomic E-state index is 0.0532. The summed E-state index contributed by atoms with van der Waals surface area (Å²) in [6.07, 6.45) is -0.133. The van der Waals surface area contributed by atoms with Gasteiger partial charge in [-0.1, -0.05) is 12.1 Å². The van der Waals surface area contributed by atoms with Crippen LogP contribution in [0.2, 0.25) is 0 Å². The molecule has 0 aliphatic carbocycles. The summed E-state index contributed by atoms with van der Waals surface area (Å²) in [5.41, 5.74) is 1.42. The van der Waals surface area contributed by atoms with Crippen molar-refractivity contribution < 1.29 is 28.5 Å². The number of hydrogen-bond acceptors (Lipinski definition) is 9. The maximum Gasteiger partial charge on any atom is 0.407 e. The van der Waals surface area contributed by atoms with Gasteiger partial charge in [-0.05, 0) is 44.2 Å². The Morgan fingerprint density at radius 3 is 2.70 bits per heavy atom. The fourth-order valence-electron chi connectivity index (χ4n) is 4.61. The van der Waals surface area contributed by atoms with Crippen molar-refractivity contribution in [1.29, 1.82) is 0 Å². The van der Waals surface area contributed by atoms with Gasteiger partial charge in [0.05, 0.1) is 30.5 Å². The van der Waals surface area contributed by atoms with Crippen LogP contribution in [0.3, 0.4) is 0 Å². The first-order chi connectivity index (χ1) is 19.4. The molecule has 0 spiro atoms. The highest BCUT2D eigenvalue weighted by Gasteiger charge is 2.34. The van der Waals surface area contributed by atoms with E-state index in [2.05, 4.69) is 15.6 Å². The predicted molar refractivity (Wildman–Crippen MR) is 154 cm³/mol. The number of rotatable bonds is 13. The Bertz CT molecular complexity index is 1250. The molecule has 216 valence electrons. The summed E-state index contributed by atoms with van der Waals surface area (Å²) < 4.78 is 23.2. The van der Waals surface area contributed by atoms with Crippen LogP contribution in [0.15, 0.2) is 42.5 Å². The molecule has 0 bridgehead atoms. The largest absolute Gasteiger partial charge is 0.493 e. The maximum atomic E-state index is 13.6. The van der Waals surface area contributed by atoms with Crippen molar-refractivity contribution in [2.45, 2.75) is 39.0 Å². The number of benzene rings is 2. The Labute approximate surface area is 239 Å². The fraction of sp³-hybridized carbons (Fsp3) is 0.483. The number of carbonyl (C=O) groups is 2. The minimum atomic E-state index is -0.495. The molecule has 1 aliphatic heterocycles. The molecule has 0 radical (unpaired) electrons. The summed E-state index contributed by atoms with van der Waals surface area (Å²) >= 11 is 1.54. The topological polar surface area (TPSA) is 111 Å². The van der Waals surface area contributed by atoms with Crippen LogP contribution in [0.1, 0.15) is 35.6 Å². The third-order valence-corrected chi connectivity index (χ3v) is 7.77. The molecule has 0 saturated carbocycles. The molecule has 2 amide bonds. The smallest absolute Gasteiger partial charge is 0.407 e. The summed E-state index contributed by atoms with van der Waals surface area (Å²) in [6.45, 7) is 6.90. The quantitative estimate of drug-likeness (QED) is 0.296. The summed E-state index contributed by atoms with van der Waals surface area (Å²) in [7, 11) is 3.22. The van der Waals surface area contributed by atoms with E-state index in [-0.39, 0.29) is 24.0 Å². The van der Waals surface area contributed by atoms with Crippen molar-refractivity contribution in [2.24, 2.45) is 5.92 Å². The highest BCUT2D eigenvalue weighted by Crippen LogP contribution is 2.29. The predicted octanol–water partition coefficient (Wildman–Crippen LogP) is 4.09. The van der Waals surface area contributed by atoms with E-state index in [1.54, 1.807) is 43.8 Å². The van der Waals surface area contributed by atoms with Crippen molar-refractivity contribution in [3.8, 4) is 11.5 Å². The number of aromatic nitrogens is 1. The second-order valence-corrected chi connectivity index (χ2v) is 11.0. The normalized spacial score (nSPS) is 16.7. The minimum Gasteiger partial charge on any atom is -0.493 e. The SMILES string of the molecule is COCCCOc1cc(C(=O)N(C[C@@H]2CNC[C@H]2OC(=O)NCc2nc3ccccc3s2)C(C)C)ccc1OC. The Balaban J connectivity index is 1.36. The highest BCUT2D eigenvalue weighted by atomic mass is 32.1. The van der Waals surface area contributed by atoms with Gasteiger partial charge in [-0.25, -0.2) is 9.78 Å². The first-order valence-corrected chi connectivity index (χ1v) is 14.3. The first kappa shape index (κ1) is 29.6. The summed E-state index contributed by atoms with van der Waals surface area (Å²) in [5, 5.41) is 6.94. The number of amides is 2. The molecule has 2 atom stereocenters. The zero-order chi connectivity index (χ0) is 28.5. The number of thiazole rings is 1. The van der Waals surface area contributed by atoms with Crippen LogP contribution < -0.4 is 20.1 Å². The number of fused-ring (bicyclic) bond motifs is 1. The molecule has 2 N–H and O–H groups in total. The molecule has 1 aromatic heterocycles. The Morgan fingerprint density at radius 2 is 1.95 bits per heavy atom. The van der Waals surface area contributed by atoms with Crippen LogP contribution in [0.5, 0.6) is 11.5 Å². The second kappa shape index (κ2) is 14.3.